The van der Waals surface area contributed by atoms with Crippen molar-refractivity contribution < 1.29 is 24.5 Å². The fourth-order valence-corrected chi connectivity index (χ4v) is 1.55. The lowest BCUT2D eigenvalue weighted by Gasteiger charge is -2.03. The van der Waals surface area contributed by atoms with Gasteiger partial charge in [0.25, 0.3) is 0 Å². The van der Waals surface area contributed by atoms with Crippen LogP contribution in [-0.4, -0.2) is 22.2 Å². The third-order valence-electron chi connectivity index (χ3n) is 2.45. The zero-order valence-electron chi connectivity index (χ0n) is 9.74. The fraction of sp³-hybridized carbons (Fsp3) is 0. The Morgan fingerprint density at radius 3 is 1.79 bits per heavy atom. The van der Waals surface area contributed by atoms with Crippen molar-refractivity contribution in [3.8, 4) is 11.5 Å². The summed E-state index contributed by atoms with van der Waals surface area (Å²) in [4.78, 5) is 22.4. The molecule has 2 rings (SSSR count). The van der Waals surface area contributed by atoms with Crippen molar-refractivity contribution in [2.45, 2.75) is 0 Å². The zero-order chi connectivity index (χ0) is 13.8. The molecule has 0 radical (unpaired) electrons. The van der Waals surface area contributed by atoms with E-state index in [4.69, 9.17) is 10.2 Å². The standard InChI is InChI=1S/C14H10O5/c15-11-5-1-9(2-6-11)13(16)10-3-7-12(8-4-10)19-14(17)18/h1-8,15H,(H,17,18). The minimum absolute atomic E-state index is 0.0850. The third-order valence-corrected chi connectivity index (χ3v) is 2.45. The van der Waals surface area contributed by atoms with E-state index < -0.39 is 6.16 Å². The zero-order valence-corrected chi connectivity index (χ0v) is 9.74. The van der Waals surface area contributed by atoms with Crippen molar-refractivity contribution in [2.75, 3.05) is 0 Å². The molecule has 19 heavy (non-hydrogen) atoms. The average Bonchev–Trinajstić information content (AvgIpc) is 2.39. The predicted molar refractivity (Wildman–Crippen MR) is 66.6 cm³/mol. The van der Waals surface area contributed by atoms with E-state index in [1.807, 2.05) is 0 Å². The summed E-state index contributed by atoms with van der Waals surface area (Å²) < 4.78 is 4.44. The van der Waals surface area contributed by atoms with Crippen molar-refractivity contribution in [3.63, 3.8) is 0 Å². The van der Waals surface area contributed by atoms with E-state index >= 15 is 0 Å². The van der Waals surface area contributed by atoms with Gasteiger partial charge in [0.15, 0.2) is 5.78 Å². The van der Waals surface area contributed by atoms with E-state index in [0.29, 0.717) is 11.1 Å². The summed E-state index contributed by atoms with van der Waals surface area (Å²) in [5.41, 5.74) is 0.841. The third kappa shape index (κ3) is 3.10. The molecule has 0 aromatic heterocycles. The van der Waals surface area contributed by atoms with Gasteiger partial charge in [-0.25, -0.2) is 4.79 Å². The molecule has 2 aromatic carbocycles. The summed E-state index contributed by atoms with van der Waals surface area (Å²) in [7, 11) is 0. The monoisotopic (exact) mass is 258 g/mol. The van der Waals surface area contributed by atoms with E-state index in [1.54, 1.807) is 0 Å². The Morgan fingerprint density at radius 2 is 1.32 bits per heavy atom. The molecule has 0 aliphatic rings. The number of benzene rings is 2. The van der Waals surface area contributed by atoms with Crippen LogP contribution in [0.2, 0.25) is 0 Å². The summed E-state index contributed by atoms with van der Waals surface area (Å²) in [5.74, 6) is 0.0124. The molecule has 0 bridgehead atoms. The molecule has 5 nitrogen and oxygen atoms in total. The van der Waals surface area contributed by atoms with E-state index in [0.717, 1.165) is 0 Å². The van der Waals surface area contributed by atoms with Crippen molar-refractivity contribution in [1.29, 1.82) is 0 Å². The molecule has 0 saturated carbocycles. The van der Waals surface area contributed by atoms with Crippen molar-refractivity contribution in [2.24, 2.45) is 0 Å². The molecule has 0 amide bonds. The summed E-state index contributed by atoms with van der Waals surface area (Å²) >= 11 is 0. The van der Waals surface area contributed by atoms with Gasteiger partial charge in [-0.1, -0.05) is 0 Å². The Hall–Kier alpha value is -2.82. The van der Waals surface area contributed by atoms with Crippen LogP contribution < -0.4 is 4.74 Å². The highest BCUT2D eigenvalue weighted by Gasteiger charge is 2.09. The molecule has 96 valence electrons. The molecule has 0 heterocycles. The van der Waals surface area contributed by atoms with Crippen LogP contribution >= 0.6 is 0 Å². The van der Waals surface area contributed by atoms with Gasteiger partial charge in [-0.2, -0.15) is 0 Å². The van der Waals surface area contributed by atoms with Gasteiger partial charge < -0.3 is 14.9 Å². The highest BCUT2D eigenvalue weighted by Crippen LogP contribution is 2.17. The lowest BCUT2D eigenvalue weighted by molar-refractivity contribution is 0.103. The molecule has 2 N–H and O–H groups in total. The SMILES string of the molecule is O=C(O)Oc1ccc(C(=O)c2ccc(O)cc2)cc1. The topological polar surface area (TPSA) is 83.8 Å². The van der Waals surface area contributed by atoms with Crippen LogP contribution in [0.25, 0.3) is 0 Å². The average molecular weight is 258 g/mol. The number of hydrogen-bond donors (Lipinski definition) is 2. The van der Waals surface area contributed by atoms with Gasteiger partial charge in [-0.3, -0.25) is 4.79 Å². The molecule has 0 aliphatic carbocycles. The summed E-state index contributed by atoms with van der Waals surface area (Å²) in [6, 6.07) is 11.6. The van der Waals surface area contributed by atoms with Crippen molar-refractivity contribution >= 4 is 11.9 Å². The highest BCUT2D eigenvalue weighted by atomic mass is 16.7. The van der Waals surface area contributed by atoms with Gasteiger partial charge in [0, 0.05) is 11.1 Å². The first-order valence-electron chi connectivity index (χ1n) is 5.41. The van der Waals surface area contributed by atoms with E-state index in [1.165, 1.54) is 48.5 Å². The number of ketones is 1. The molecule has 0 saturated heterocycles. The molecule has 5 heteroatoms. The van der Waals surface area contributed by atoms with Crippen LogP contribution in [0.5, 0.6) is 11.5 Å². The highest BCUT2D eigenvalue weighted by molar-refractivity contribution is 6.09. The number of hydrogen-bond acceptors (Lipinski definition) is 4. The normalized spacial score (nSPS) is 9.89. The number of carbonyl (C=O) groups excluding carboxylic acids is 1. The van der Waals surface area contributed by atoms with E-state index in [-0.39, 0.29) is 17.3 Å². The van der Waals surface area contributed by atoms with Crippen LogP contribution in [-0.2, 0) is 0 Å². The lowest BCUT2D eigenvalue weighted by atomic mass is 10.0. The van der Waals surface area contributed by atoms with Crippen LogP contribution in [0, 0.1) is 0 Å². The lowest BCUT2D eigenvalue weighted by Crippen LogP contribution is -2.04. The number of aromatic hydroxyl groups is 1. The van der Waals surface area contributed by atoms with Gasteiger partial charge in [-0.15, -0.1) is 0 Å². The Kier molecular flexibility index (Phi) is 3.47. The first-order chi connectivity index (χ1) is 9.06. The van der Waals surface area contributed by atoms with Crippen LogP contribution in [0.15, 0.2) is 48.5 Å². The minimum atomic E-state index is -1.40. The number of carbonyl (C=O) groups is 2. The molecule has 0 atom stereocenters. The van der Waals surface area contributed by atoms with Gasteiger partial charge in [-0.05, 0) is 48.5 Å². The molecular weight excluding hydrogens is 248 g/mol. The number of carboxylic acid groups (broad SMARTS) is 1. The smallest absolute Gasteiger partial charge is 0.508 e. The predicted octanol–water partition coefficient (Wildman–Crippen LogP) is 2.68. The maximum Gasteiger partial charge on any atom is 0.511 e. The van der Waals surface area contributed by atoms with Gasteiger partial charge >= 0.3 is 6.16 Å². The van der Waals surface area contributed by atoms with Crippen molar-refractivity contribution in [3.05, 3.63) is 59.7 Å². The van der Waals surface area contributed by atoms with Crippen molar-refractivity contribution in [1.82, 2.24) is 0 Å². The Morgan fingerprint density at radius 1 is 0.842 bits per heavy atom. The molecule has 0 fully saturated rings. The van der Waals surface area contributed by atoms with Crippen LogP contribution in [0.3, 0.4) is 0 Å². The second kappa shape index (κ2) is 5.22. The molecular formula is C14H10O5. The molecule has 0 spiro atoms. The summed E-state index contributed by atoms with van der Waals surface area (Å²) in [6.45, 7) is 0. The van der Waals surface area contributed by atoms with Gasteiger partial charge in [0.05, 0.1) is 0 Å². The van der Waals surface area contributed by atoms with E-state index in [2.05, 4.69) is 4.74 Å². The maximum absolute atomic E-state index is 12.1. The Labute approximate surface area is 108 Å². The maximum atomic E-state index is 12.1. The Bertz CT molecular complexity index is 599. The molecule has 0 unspecified atom stereocenters. The largest absolute Gasteiger partial charge is 0.511 e. The second-order valence-corrected chi connectivity index (χ2v) is 3.77. The summed E-state index contributed by atoms with van der Waals surface area (Å²) in [5, 5.41) is 17.6. The molecule has 2 aromatic rings. The second-order valence-electron chi connectivity index (χ2n) is 3.77. The van der Waals surface area contributed by atoms with Gasteiger partial charge in [0.1, 0.15) is 11.5 Å². The first kappa shape index (κ1) is 12.6. The van der Waals surface area contributed by atoms with Crippen LogP contribution in [0.1, 0.15) is 15.9 Å². The number of rotatable bonds is 3. The Balaban J connectivity index is 2.20. The first-order valence-corrected chi connectivity index (χ1v) is 5.41. The number of phenols is 1. The summed E-state index contributed by atoms with van der Waals surface area (Å²) in [6.07, 6.45) is -1.40. The minimum Gasteiger partial charge on any atom is -0.508 e. The number of phenolic OH excluding ortho intramolecular Hbond substituents is 1. The number of ether oxygens (including phenoxy) is 1. The van der Waals surface area contributed by atoms with Gasteiger partial charge in [0.2, 0.25) is 0 Å². The fourth-order valence-electron chi connectivity index (χ4n) is 1.55. The van der Waals surface area contributed by atoms with E-state index in [9.17, 15) is 9.59 Å². The quantitative estimate of drug-likeness (QED) is 0.502. The van der Waals surface area contributed by atoms with Crippen LogP contribution in [0.4, 0.5) is 4.79 Å². The molecule has 0 aliphatic heterocycles.